The number of rotatable bonds is 40. The van der Waals surface area contributed by atoms with Crippen molar-refractivity contribution in [2.24, 2.45) is 0 Å². The van der Waals surface area contributed by atoms with Gasteiger partial charge in [-0.05, 0) is 60.4 Å². The van der Waals surface area contributed by atoms with Crippen LogP contribution in [0.2, 0.25) is 0 Å². The zero-order chi connectivity index (χ0) is 43.0. The minimum Gasteiger partial charge on any atom is -0.494 e. The molecule has 1 N–H and O–H groups in total. The van der Waals surface area contributed by atoms with Crippen LogP contribution < -0.4 is 9.47 Å². The van der Waals surface area contributed by atoms with Crippen molar-refractivity contribution < 1.29 is 33.6 Å². The molecule has 0 aliphatic heterocycles. The van der Waals surface area contributed by atoms with Gasteiger partial charge in [-0.2, -0.15) is 0 Å². The maximum atomic E-state index is 12.2. The molecule has 0 aromatic heterocycles. The molecule has 2 aromatic rings. The molecule has 0 unspecified atom stereocenters. The summed E-state index contributed by atoms with van der Waals surface area (Å²) in [7, 11) is 0. The van der Waals surface area contributed by atoms with E-state index in [2.05, 4.69) is 13.8 Å². The van der Waals surface area contributed by atoms with Gasteiger partial charge in [0, 0.05) is 12.2 Å². The van der Waals surface area contributed by atoms with Crippen LogP contribution in [-0.4, -0.2) is 49.6 Å². The van der Waals surface area contributed by atoms with Crippen molar-refractivity contribution in [2.75, 3.05) is 26.4 Å². The smallest absolute Gasteiger partial charge is 0.330 e. The van der Waals surface area contributed by atoms with Gasteiger partial charge >= 0.3 is 11.9 Å². The van der Waals surface area contributed by atoms with Crippen LogP contribution in [0.5, 0.6) is 11.5 Å². The van der Waals surface area contributed by atoms with Crippen molar-refractivity contribution in [1.82, 2.24) is 0 Å². The lowest BCUT2D eigenvalue weighted by Crippen LogP contribution is -2.24. The molecule has 0 saturated heterocycles. The van der Waals surface area contributed by atoms with Crippen molar-refractivity contribution in [2.45, 2.75) is 200 Å². The Morgan fingerprint density at radius 1 is 0.433 bits per heavy atom. The van der Waals surface area contributed by atoms with Gasteiger partial charge in [0.05, 0.1) is 13.2 Å². The van der Waals surface area contributed by atoms with Crippen molar-refractivity contribution in [3.8, 4) is 11.5 Å². The molecule has 60 heavy (non-hydrogen) atoms. The highest BCUT2D eigenvalue weighted by molar-refractivity contribution is 5.87. The molecule has 0 atom stereocenters. The van der Waals surface area contributed by atoms with Gasteiger partial charge in [-0.15, -0.1) is 0 Å². The second-order valence-corrected chi connectivity index (χ2v) is 16.6. The molecule has 7 nitrogen and oxygen atoms in total. The van der Waals surface area contributed by atoms with Crippen molar-refractivity contribution in [3.05, 3.63) is 71.8 Å². The number of ether oxygens (including phenoxy) is 4. The monoisotopic (exact) mass is 833 g/mol. The van der Waals surface area contributed by atoms with E-state index in [1.807, 2.05) is 48.5 Å². The highest BCUT2D eigenvalue weighted by Crippen LogP contribution is 2.18. The lowest BCUT2D eigenvalue weighted by atomic mass is 10.0. The fourth-order valence-corrected chi connectivity index (χ4v) is 7.15. The van der Waals surface area contributed by atoms with Crippen LogP contribution in [0.1, 0.15) is 205 Å². The molecule has 0 aliphatic carbocycles. The summed E-state index contributed by atoms with van der Waals surface area (Å²) in [5, 5.41) is 10.2. The molecule has 338 valence electrons. The standard InChI is InChI=1S/C53H84O7/c1-3-5-7-9-11-13-15-17-19-21-23-25-27-29-43-57-50-37-31-47(32-38-50)35-41-52(55)59-45-49(54)46-60-53(56)42-36-48-33-39-51(40-34-48)58-44-30-28-26-24-22-20-18-16-14-12-10-8-6-4-2/h31-42,49,54H,3-30,43-46H2,1-2H3/b41-35+,42-36+. The summed E-state index contributed by atoms with van der Waals surface area (Å²) in [6.45, 7) is 5.39. The largest absolute Gasteiger partial charge is 0.494 e. The summed E-state index contributed by atoms with van der Waals surface area (Å²) >= 11 is 0. The zero-order valence-corrected chi connectivity index (χ0v) is 38.0. The summed E-state index contributed by atoms with van der Waals surface area (Å²) in [6.07, 6.45) is 42.2. The summed E-state index contributed by atoms with van der Waals surface area (Å²) in [5.41, 5.74) is 1.67. The lowest BCUT2D eigenvalue weighted by Gasteiger charge is -2.10. The van der Waals surface area contributed by atoms with E-state index in [1.54, 1.807) is 12.2 Å². The Morgan fingerprint density at radius 3 is 0.983 bits per heavy atom. The summed E-state index contributed by atoms with van der Waals surface area (Å²) in [4.78, 5) is 24.4. The maximum absolute atomic E-state index is 12.2. The number of carbonyl (C=O) groups excluding carboxylic acids is 2. The van der Waals surface area contributed by atoms with Gasteiger partial charge in [-0.1, -0.05) is 205 Å². The van der Waals surface area contributed by atoms with Gasteiger partial charge in [0.1, 0.15) is 30.8 Å². The molecule has 2 rings (SSSR count). The summed E-state index contributed by atoms with van der Waals surface area (Å²) < 4.78 is 22.0. The number of benzene rings is 2. The third-order valence-electron chi connectivity index (χ3n) is 11.0. The third-order valence-corrected chi connectivity index (χ3v) is 11.0. The van der Waals surface area contributed by atoms with Crippen molar-refractivity contribution in [1.29, 1.82) is 0 Å². The molecule has 0 bridgehead atoms. The van der Waals surface area contributed by atoms with E-state index in [-0.39, 0.29) is 13.2 Å². The number of aliphatic hydroxyl groups excluding tert-OH is 1. The minimum atomic E-state index is -1.13. The van der Waals surface area contributed by atoms with Gasteiger partial charge in [-0.25, -0.2) is 9.59 Å². The van der Waals surface area contributed by atoms with Crippen LogP contribution in [0.25, 0.3) is 12.2 Å². The number of esters is 2. The second kappa shape index (κ2) is 38.3. The highest BCUT2D eigenvalue weighted by Gasteiger charge is 2.10. The molecule has 2 aromatic carbocycles. The zero-order valence-electron chi connectivity index (χ0n) is 38.0. The fraction of sp³-hybridized carbons (Fsp3) is 0.660. The van der Waals surface area contributed by atoms with E-state index in [0.717, 1.165) is 35.5 Å². The fourth-order valence-electron chi connectivity index (χ4n) is 7.15. The molecule has 0 spiro atoms. The average molecular weight is 833 g/mol. The molecule has 0 aliphatic rings. The summed E-state index contributed by atoms with van der Waals surface area (Å²) in [6, 6.07) is 15.1. The third kappa shape index (κ3) is 31.3. The predicted molar refractivity (Wildman–Crippen MR) is 250 cm³/mol. The van der Waals surface area contributed by atoms with Gasteiger partial charge in [0.15, 0.2) is 0 Å². The maximum Gasteiger partial charge on any atom is 0.330 e. The first-order chi connectivity index (χ1) is 29.5. The minimum absolute atomic E-state index is 0.285. The van der Waals surface area contributed by atoms with Gasteiger partial charge in [0.25, 0.3) is 0 Å². The van der Waals surface area contributed by atoms with E-state index in [4.69, 9.17) is 18.9 Å². The Labute approximate surface area is 366 Å². The van der Waals surface area contributed by atoms with Gasteiger partial charge < -0.3 is 24.1 Å². The van der Waals surface area contributed by atoms with E-state index in [0.29, 0.717) is 13.2 Å². The number of hydrogen-bond donors (Lipinski definition) is 1. The molecule has 0 radical (unpaired) electrons. The van der Waals surface area contributed by atoms with Crippen LogP contribution in [0.15, 0.2) is 60.7 Å². The SMILES string of the molecule is CCCCCCCCCCCCCCCCOc1ccc(/C=C/C(=O)OCC(O)COC(=O)/C=C/c2ccc(OCCCCCCCCCCCCCCCC)cc2)cc1. The molecule has 0 amide bonds. The molecular weight excluding hydrogens is 749 g/mol. The Morgan fingerprint density at radius 2 is 0.700 bits per heavy atom. The first kappa shape index (κ1) is 52.6. The number of hydrogen-bond acceptors (Lipinski definition) is 7. The lowest BCUT2D eigenvalue weighted by molar-refractivity contribution is -0.146. The molecule has 0 fully saturated rings. The molecule has 7 heteroatoms. The molecule has 0 heterocycles. The Balaban J connectivity index is 1.44. The first-order valence-corrected chi connectivity index (χ1v) is 24.3. The van der Waals surface area contributed by atoms with Crippen LogP contribution in [0.3, 0.4) is 0 Å². The average Bonchev–Trinajstić information content (AvgIpc) is 3.26. The van der Waals surface area contributed by atoms with Crippen LogP contribution in [-0.2, 0) is 19.1 Å². The molecular formula is C53H84O7. The highest BCUT2D eigenvalue weighted by atomic mass is 16.6. The summed E-state index contributed by atoms with van der Waals surface area (Å²) in [5.74, 6) is 0.436. The Hall–Kier alpha value is -3.58. The van der Waals surface area contributed by atoms with Crippen LogP contribution >= 0.6 is 0 Å². The van der Waals surface area contributed by atoms with E-state index in [1.165, 1.54) is 179 Å². The van der Waals surface area contributed by atoms with Crippen LogP contribution in [0.4, 0.5) is 0 Å². The normalized spacial score (nSPS) is 11.5. The van der Waals surface area contributed by atoms with E-state index >= 15 is 0 Å². The number of carbonyl (C=O) groups is 2. The molecule has 0 saturated carbocycles. The number of aliphatic hydroxyl groups is 1. The first-order valence-electron chi connectivity index (χ1n) is 24.3. The number of unbranched alkanes of at least 4 members (excludes halogenated alkanes) is 26. The second-order valence-electron chi connectivity index (χ2n) is 16.6. The van der Waals surface area contributed by atoms with Crippen molar-refractivity contribution in [3.63, 3.8) is 0 Å². The quantitative estimate of drug-likeness (QED) is 0.0406. The van der Waals surface area contributed by atoms with Gasteiger partial charge in [0.2, 0.25) is 0 Å². The van der Waals surface area contributed by atoms with E-state index in [9.17, 15) is 14.7 Å². The van der Waals surface area contributed by atoms with Crippen molar-refractivity contribution >= 4 is 24.1 Å². The van der Waals surface area contributed by atoms with Gasteiger partial charge in [-0.3, -0.25) is 0 Å². The topological polar surface area (TPSA) is 91.3 Å². The predicted octanol–water partition coefficient (Wildman–Crippen LogP) is 14.6. The van der Waals surface area contributed by atoms with Crippen LogP contribution in [0, 0.1) is 0 Å². The Kier molecular flexibility index (Phi) is 33.6. The Bertz CT molecular complexity index is 1250. The van der Waals surface area contributed by atoms with E-state index < -0.39 is 18.0 Å².